The molecule has 3 amide bonds. The smallest absolute Gasteiger partial charge is 0.264 e. The van der Waals surface area contributed by atoms with Gasteiger partial charge in [-0.2, -0.15) is 0 Å². The van der Waals surface area contributed by atoms with Gasteiger partial charge in [0.25, 0.3) is 5.91 Å². The van der Waals surface area contributed by atoms with Crippen LogP contribution >= 0.6 is 15.9 Å². The third-order valence-electron chi connectivity index (χ3n) is 8.91. The predicted molar refractivity (Wildman–Crippen MR) is 167 cm³/mol. The number of nitrogens with zero attached hydrogens (tertiary/aromatic N) is 3. The lowest BCUT2D eigenvalue weighted by molar-refractivity contribution is -0.139. The molecule has 3 aromatic rings. The Labute approximate surface area is 259 Å². The Hall–Kier alpha value is -3.79. The molecule has 0 unspecified atom stereocenters. The van der Waals surface area contributed by atoms with Crippen molar-refractivity contribution in [2.45, 2.75) is 50.9 Å². The molecule has 3 aromatic carbocycles. The third-order valence-corrected chi connectivity index (χ3v) is 9.40. The number of aliphatic hydroxyl groups excluding tert-OH is 1. The van der Waals surface area contributed by atoms with Gasteiger partial charge >= 0.3 is 0 Å². The van der Waals surface area contributed by atoms with Crippen molar-refractivity contribution in [3.05, 3.63) is 106 Å². The molecule has 6 rings (SSSR count). The van der Waals surface area contributed by atoms with Crippen LogP contribution < -0.4 is 9.80 Å². The lowest BCUT2D eigenvalue weighted by Crippen LogP contribution is -2.46. The van der Waals surface area contributed by atoms with E-state index in [0.29, 0.717) is 37.2 Å². The lowest BCUT2D eigenvalue weighted by atomic mass is 9.83. The molecule has 8 nitrogen and oxygen atoms in total. The minimum absolute atomic E-state index is 0.0787. The number of benzene rings is 3. The average Bonchev–Trinajstić information content (AvgIpc) is 3.21. The maximum Gasteiger partial charge on any atom is 0.264 e. The van der Waals surface area contributed by atoms with Crippen LogP contribution in [0.15, 0.2) is 83.4 Å². The van der Waals surface area contributed by atoms with Gasteiger partial charge in [-0.15, -0.1) is 0 Å². The highest BCUT2D eigenvalue weighted by molar-refractivity contribution is 9.10. The number of carbonyl (C=O) groups is 3. The molecule has 222 valence electrons. The summed E-state index contributed by atoms with van der Waals surface area (Å²) < 4.78 is 0.740. The fourth-order valence-electron chi connectivity index (χ4n) is 6.34. The van der Waals surface area contributed by atoms with Crippen LogP contribution in [0.4, 0.5) is 11.4 Å². The predicted octanol–water partition coefficient (Wildman–Crippen LogP) is 4.45. The Morgan fingerprint density at radius 3 is 2.60 bits per heavy atom. The highest BCUT2D eigenvalue weighted by Gasteiger charge is 2.52. The number of hydrogen-bond acceptors (Lipinski definition) is 5. The topological polar surface area (TPSA) is 101 Å². The molecule has 0 radical (unpaired) electrons. The van der Waals surface area contributed by atoms with Crippen molar-refractivity contribution in [3.8, 4) is 0 Å². The molecule has 3 heterocycles. The van der Waals surface area contributed by atoms with Crippen LogP contribution in [0.1, 0.15) is 42.0 Å². The first-order chi connectivity index (χ1) is 20.7. The summed E-state index contributed by atoms with van der Waals surface area (Å²) in [4.78, 5) is 44.2. The fraction of sp³-hybridized carbons (Fsp3) is 0.324. The highest BCUT2D eigenvalue weighted by Crippen LogP contribution is 2.47. The Bertz CT molecular complexity index is 1620. The van der Waals surface area contributed by atoms with Gasteiger partial charge in [0.2, 0.25) is 11.8 Å². The maximum absolute atomic E-state index is 14.0. The van der Waals surface area contributed by atoms with Crippen molar-refractivity contribution >= 4 is 45.0 Å². The monoisotopic (exact) mass is 643 g/mol. The quantitative estimate of drug-likeness (QED) is 0.279. The van der Waals surface area contributed by atoms with E-state index < -0.39 is 17.4 Å². The van der Waals surface area contributed by atoms with Crippen molar-refractivity contribution in [3.63, 3.8) is 0 Å². The van der Waals surface area contributed by atoms with Crippen molar-refractivity contribution in [2.75, 3.05) is 23.0 Å². The van der Waals surface area contributed by atoms with Gasteiger partial charge in [0.15, 0.2) is 5.60 Å². The second-order valence-electron chi connectivity index (χ2n) is 11.5. The molecular formula is C34H34BrN3O5. The van der Waals surface area contributed by atoms with Crippen molar-refractivity contribution in [2.24, 2.45) is 5.92 Å². The second kappa shape index (κ2) is 11.7. The average molecular weight is 645 g/mol. The van der Waals surface area contributed by atoms with E-state index >= 15 is 0 Å². The minimum Gasteiger partial charge on any atom is -0.394 e. The van der Waals surface area contributed by atoms with Gasteiger partial charge in [0, 0.05) is 47.6 Å². The highest BCUT2D eigenvalue weighted by atomic mass is 79.9. The van der Waals surface area contributed by atoms with Gasteiger partial charge < -0.3 is 24.9 Å². The summed E-state index contributed by atoms with van der Waals surface area (Å²) in [5.41, 5.74) is 3.15. The van der Waals surface area contributed by atoms with Gasteiger partial charge in [-0.1, -0.05) is 71.4 Å². The molecule has 0 aromatic heterocycles. The number of anilines is 2. The van der Waals surface area contributed by atoms with Gasteiger partial charge in [-0.3, -0.25) is 14.4 Å². The molecule has 1 saturated heterocycles. The van der Waals surface area contributed by atoms with Crippen molar-refractivity contribution in [1.82, 2.24) is 4.90 Å². The summed E-state index contributed by atoms with van der Waals surface area (Å²) in [7, 11) is 0. The van der Waals surface area contributed by atoms with Gasteiger partial charge in [0.05, 0.1) is 24.9 Å². The van der Waals surface area contributed by atoms with Crippen LogP contribution in [0.25, 0.3) is 0 Å². The van der Waals surface area contributed by atoms with E-state index in [4.69, 9.17) is 0 Å². The Kier molecular flexibility index (Phi) is 7.98. The summed E-state index contributed by atoms with van der Waals surface area (Å²) in [6, 6.07) is 20.7. The summed E-state index contributed by atoms with van der Waals surface area (Å²) >= 11 is 3.49. The summed E-state index contributed by atoms with van der Waals surface area (Å²) in [5, 5.41) is 22.0. The SMILES string of the molecule is C[C@@H](/C=C/CC(=O)N1Cc2ccccc2C[C@H]1CO)[C@]1(O)C(=O)N(Cc2cccc(N3CCC3=O)c2)c2ccc(Br)cc21. The maximum atomic E-state index is 14.0. The molecule has 0 aliphatic carbocycles. The zero-order chi connectivity index (χ0) is 30.3. The first-order valence-electron chi connectivity index (χ1n) is 14.6. The first-order valence-corrected chi connectivity index (χ1v) is 15.4. The van der Waals surface area contributed by atoms with Crippen LogP contribution in [0.3, 0.4) is 0 Å². The largest absolute Gasteiger partial charge is 0.394 e. The van der Waals surface area contributed by atoms with Gasteiger partial charge in [-0.25, -0.2) is 0 Å². The van der Waals surface area contributed by atoms with Crippen LogP contribution in [0.2, 0.25) is 0 Å². The van der Waals surface area contributed by atoms with Gasteiger partial charge in [0.1, 0.15) is 0 Å². The first kappa shape index (κ1) is 29.3. The zero-order valence-electron chi connectivity index (χ0n) is 23.9. The van der Waals surface area contributed by atoms with Crippen molar-refractivity contribution < 1.29 is 24.6 Å². The van der Waals surface area contributed by atoms with E-state index in [1.807, 2.05) is 60.7 Å². The molecule has 0 saturated carbocycles. The minimum atomic E-state index is -1.83. The molecule has 43 heavy (non-hydrogen) atoms. The molecule has 3 aliphatic rings. The van der Waals surface area contributed by atoms with Gasteiger partial charge in [-0.05, 0) is 53.4 Å². The number of fused-ring (bicyclic) bond motifs is 2. The van der Waals surface area contributed by atoms with Crippen LogP contribution in [0, 0.1) is 5.92 Å². The van der Waals surface area contributed by atoms with Crippen LogP contribution in [-0.2, 0) is 39.5 Å². The zero-order valence-corrected chi connectivity index (χ0v) is 25.5. The lowest BCUT2D eigenvalue weighted by Gasteiger charge is -2.36. The molecule has 1 fully saturated rings. The number of β-lactam (4-membered cyclic amide) rings is 1. The van der Waals surface area contributed by atoms with E-state index in [1.165, 1.54) is 0 Å². The Morgan fingerprint density at radius 2 is 1.88 bits per heavy atom. The Balaban J connectivity index is 1.20. The number of hydrogen-bond donors (Lipinski definition) is 2. The second-order valence-corrected chi connectivity index (χ2v) is 12.5. The molecular weight excluding hydrogens is 610 g/mol. The molecule has 2 N–H and O–H groups in total. The molecule has 3 aliphatic heterocycles. The Morgan fingerprint density at radius 1 is 1.09 bits per heavy atom. The third kappa shape index (κ3) is 5.30. The van der Waals surface area contributed by atoms with Crippen LogP contribution in [0.5, 0.6) is 0 Å². The summed E-state index contributed by atoms with van der Waals surface area (Å²) in [6.07, 6.45) is 4.66. The number of aliphatic hydroxyl groups is 2. The number of amides is 3. The number of halogens is 1. The van der Waals surface area contributed by atoms with E-state index in [2.05, 4.69) is 15.9 Å². The molecule has 3 atom stereocenters. The summed E-state index contributed by atoms with van der Waals surface area (Å²) in [5.74, 6) is -1.11. The van der Waals surface area contributed by atoms with E-state index in [0.717, 1.165) is 26.9 Å². The fourth-order valence-corrected chi connectivity index (χ4v) is 6.70. The van der Waals surface area contributed by atoms with E-state index in [1.54, 1.807) is 39.8 Å². The molecule has 0 spiro atoms. The molecule has 0 bridgehead atoms. The number of rotatable bonds is 8. The van der Waals surface area contributed by atoms with E-state index in [-0.39, 0.29) is 37.4 Å². The van der Waals surface area contributed by atoms with Crippen molar-refractivity contribution in [1.29, 1.82) is 0 Å². The number of carbonyl (C=O) groups excluding carboxylic acids is 3. The summed E-state index contributed by atoms with van der Waals surface area (Å²) in [6.45, 7) is 3.01. The normalized spacial score (nSPS) is 22.0. The van der Waals surface area contributed by atoms with Crippen LogP contribution in [-0.4, -0.2) is 52.0 Å². The standard InChI is InChI=1S/C34H34BrN3O5/c1-22(6-4-11-31(40)37-20-25-9-3-2-8-24(25)17-28(37)21-39)34(43)29-18-26(35)12-13-30(29)38(33(34)42)19-23-7-5-10-27(16-23)36-15-14-32(36)41/h2-10,12-13,16,18,22,28,39,43H,11,14-15,17,19-21H2,1H3/b6-4+/t22-,28-,34+/m0/s1. The molecule has 9 heteroatoms. The van der Waals surface area contributed by atoms with E-state index in [9.17, 15) is 24.6 Å².